The van der Waals surface area contributed by atoms with Crippen LogP contribution in [0.3, 0.4) is 0 Å². The number of ether oxygens (including phenoxy) is 1. The minimum atomic E-state index is -5.20. The van der Waals surface area contributed by atoms with Gasteiger partial charge in [-0.25, -0.2) is 4.90 Å². The number of fused-ring (bicyclic) bond motifs is 3. The van der Waals surface area contributed by atoms with Crippen molar-refractivity contribution in [2.75, 3.05) is 18.1 Å². The van der Waals surface area contributed by atoms with Gasteiger partial charge in [0.15, 0.2) is 11.6 Å². The molecule has 0 saturated carbocycles. The lowest BCUT2D eigenvalue weighted by atomic mass is 9.59. The monoisotopic (exact) mass is 645 g/mol. The van der Waals surface area contributed by atoms with Crippen molar-refractivity contribution in [3.8, 4) is 5.75 Å². The highest BCUT2D eigenvalue weighted by Crippen LogP contribution is 2.56. The molecule has 1 N–H and O–H groups in total. The molecule has 1 heterocycles. The number of amides is 2. The van der Waals surface area contributed by atoms with Crippen LogP contribution in [0.2, 0.25) is 0 Å². The SMILES string of the molecule is CC1=CC(=O)C2=C(CC3C(=CCC4C(=O)N(c5cc(C(F)(F)F)cc(C(F)(F)F)c5)C(=O)C43)C2c2ccccc2OCCO)C1=O. The number of aliphatic hydroxyl groups excluding tert-OH is 1. The van der Waals surface area contributed by atoms with Crippen LogP contribution in [0.1, 0.15) is 42.4 Å². The lowest BCUT2D eigenvalue weighted by Gasteiger charge is -2.42. The van der Waals surface area contributed by atoms with E-state index in [0.717, 1.165) is 0 Å². The Morgan fingerprint density at radius 1 is 0.913 bits per heavy atom. The maximum absolute atomic E-state index is 14.0. The summed E-state index contributed by atoms with van der Waals surface area (Å²) in [6, 6.07) is 7.20. The van der Waals surface area contributed by atoms with Crippen LogP contribution in [0, 0.1) is 17.8 Å². The number of benzene rings is 2. The number of alkyl halides is 6. The third-order valence-corrected chi connectivity index (χ3v) is 8.97. The van der Waals surface area contributed by atoms with E-state index in [-0.39, 0.29) is 48.8 Å². The van der Waals surface area contributed by atoms with Gasteiger partial charge in [0.25, 0.3) is 0 Å². The molecule has 4 aliphatic rings. The smallest absolute Gasteiger partial charge is 0.416 e. The number of para-hydroxylation sites is 1. The highest BCUT2D eigenvalue weighted by atomic mass is 19.4. The molecule has 0 spiro atoms. The number of aliphatic hydroxyl groups is 1. The van der Waals surface area contributed by atoms with Crippen LogP contribution in [0.15, 0.2) is 76.9 Å². The summed E-state index contributed by atoms with van der Waals surface area (Å²) in [5.74, 6) is -6.69. The van der Waals surface area contributed by atoms with Crippen molar-refractivity contribution in [2.45, 2.75) is 38.0 Å². The lowest BCUT2D eigenvalue weighted by molar-refractivity contribution is -0.143. The number of Topliss-reactive ketones (excluding diaryl/α,β-unsaturated/α-hetero) is 1. The minimum absolute atomic E-state index is 0.0845. The van der Waals surface area contributed by atoms with Gasteiger partial charge in [-0.05, 0) is 56.0 Å². The molecular weight excluding hydrogens is 620 g/mol. The van der Waals surface area contributed by atoms with E-state index in [2.05, 4.69) is 0 Å². The van der Waals surface area contributed by atoms with E-state index in [1.165, 1.54) is 13.0 Å². The van der Waals surface area contributed by atoms with Crippen LogP contribution in [-0.4, -0.2) is 41.7 Å². The van der Waals surface area contributed by atoms with Crippen molar-refractivity contribution in [3.05, 3.63) is 93.6 Å². The van der Waals surface area contributed by atoms with Gasteiger partial charge in [-0.2, -0.15) is 26.3 Å². The summed E-state index contributed by atoms with van der Waals surface area (Å²) in [5, 5.41) is 9.36. The molecule has 4 unspecified atom stereocenters. The van der Waals surface area contributed by atoms with Gasteiger partial charge in [0.05, 0.1) is 35.3 Å². The average Bonchev–Trinajstić information content (AvgIpc) is 3.26. The molecule has 4 atom stereocenters. The van der Waals surface area contributed by atoms with E-state index in [1.807, 2.05) is 0 Å². The Kier molecular flexibility index (Phi) is 7.57. The number of rotatable bonds is 5. The molecule has 1 saturated heterocycles. The first-order valence-electron chi connectivity index (χ1n) is 14.3. The summed E-state index contributed by atoms with van der Waals surface area (Å²) in [6.07, 6.45) is -7.75. The third-order valence-electron chi connectivity index (χ3n) is 8.97. The first-order chi connectivity index (χ1) is 21.6. The quantitative estimate of drug-likeness (QED) is 0.193. The molecule has 7 nitrogen and oxygen atoms in total. The first-order valence-corrected chi connectivity index (χ1v) is 14.3. The lowest BCUT2D eigenvalue weighted by Crippen LogP contribution is -2.40. The van der Waals surface area contributed by atoms with Crippen LogP contribution in [-0.2, 0) is 31.5 Å². The van der Waals surface area contributed by atoms with Crippen molar-refractivity contribution in [3.63, 3.8) is 0 Å². The van der Waals surface area contributed by atoms with E-state index in [1.54, 1.807) is 30.3 Å². The standard InChI is InChI=1S/C33H25F6NO6/c1-15-10-24(42)28-23(29(15)43)14-22-19(26(28)20-4-2-3-5-25(20)46-9-8-41)6-7-21-27(22)31(45)40(30(21)44)18-12-16(32(34,35)36)11-17(13-18)33(37,38)39/h2-6,10-13,21-22,26-27,41H,7-9,14H2,1H3. The number of allylic oxidation sites excluding steroid dienone is 6. The first kappa shape index (κ1) is 31.5. The molecular formula is C33H25F6NO6. The number of halogens is 6. The van der Waals surface area contributed by atoms with Crippen molar-refractivity contribution in [1.82, 2.24) is 0 Å². The zero-order valence-corrected chi connectivity index (χ0v) is 24.0. The predicted octanol–water partition coefficient (Wildman–Crippen LogP) is 5.73. The van der Waals surface area contributed by atoms with Gasteiger partial charge in [-0.1, -0.05) is 29.8 Å². The summed E-state index contributed by atoms with van der Waals surface area (Å²) < 4.78 is 87.6. The molecule has 0 aromatic heterocycles. The molecule has 3 aliphatic carbocycles. The van der Waals surface area contributed by atoms with Gasteiger partial charge in [0.1, 0.15) is 12.4 Å². The second-order valence-electron chi connectivity index (χ2n) is 11.6. The summed E-state index contributed by atoms with van der Waals surface area (Å²) >= 11 is 0. The van der Waals surface area contributed by atoms with E-state index in [4.69, 9.17) is 4.74 Å². The van der Waals surface area contributed by atoms with Crippen LogP contribution < -0.4 is 9.64 Å². The molecule has 0 radical (unpaired) electrons. The number of anilines is 1. The number of carbonyl (C=O) groups is 4. The topological polar surface area (TPSA) is 101 Å². The van der Waals surface area contributed by atoms with Gasteiger partial charge in [-0.15, -0.1) is 0 Å². The van der Waals surface area contributed by atoms with Crippen LogP contribution in [0.25, 0.3) is 0 Å². The number of nitrogens with zero attached hydrogens (tertiary/aromatic N) is 1. The number of imide groups is 1. The normalized spacial score (nSPS) is 24.8. The van der Waals surface area contributed by atoms with E-state index < -0.39 is 76.2 Å². The Morgan fingerprint density at radius 2 is 1.57 bits per heavy atom. The second kappa shape index (κ2) is 11.1. The summed E-state index contributed by atoms with van der Waals surface area (Å²) in [7, 11) is 0. The fourth-order valence-corrected chi connectivity index (χ4v) is 7.07. The molecule has 0 bridgehead atoms. The van der Waals surface area contributed by atoms with Crippen molar-refractivity contribution >= 4 is 29.1 Å². The molecule has 46 heavy (non-hydrogen) atoms. The molecule has 13 heteroatoms. The van der Waals surface area contributed by atoms with Gasteiger partial charge in [-0.3, -0.25) is 19.2 Å². The van der Waals surface area contributed by atoms with Gasteiger partial charge in [0.2, 0.25) is 11.8 Å². The molecule has 6 rings (SSSR count). The maximum Gasteiger partial charge on any atom is 0.416 e. The van der Waals surface area contributed by atoms with Crippen LogP contribution in [0.4, 0.5) is 32.0 Å². The Morgan fingerprint density at radius 3 is 2.20 bits per heavy atom. The Balaban J connectivity index is 1.48. The van der Waals surface area contributed by atoms with Crippen LogP contribution in [0.5, 0.6) is 5.75 Å². The number of ketones is 2. The number of hydrogen-bond acceptors (Lipinski definition) is 6. The van der Waals surface area contributed by atoms with Crippen molar-refractivity contribution < 1.29 is 55.4 Å². The van der Waals surface area contributed by atoms with E-state index in [0.29, 0.717) is 33.9 Å². The number of hydrogen-bond donors (Lipinski definition) is 1. The summed E-state index contributed by atoms with van der Waals surface area (Å²) in [5.41, 5.74) is -2.80. The second-order valence-corrected chi connectivity index (χ2v) is 11.6. The Hall–Kier alpha value is -4.52. The highest BCUT2D eigenvalue weighted by molar-refractivity contribution is 6.25. The van der Waals surface area contributed by atoms with Crippen molar-refractivity contribution in [1.29, 1.82) is 0 Å². The molecule has 2 aromatic carbocycles. The fourth-order valence-electron chi connectivity index (χ4n) is 7.07. The number of carbonyl (C=O) groups excluding carboxylic acids is 4. The average molecular weight is 646 g/mol. The van der Waals surface area contributed by atoms with E-state index in [9.17, 15) is 50.6 Å². The summed E-state index contributed by atoms with van der Waals surface area (Å²) in [6.45, 7) is 1.05. The summed E-state index contributed by atoms with van der Waals surface area (Å²) in [4.78, 5) is 55.0. The van der Waals surface area contributed by atoms with Crippen molar-refractivity contribution in [2.24, 2.45) is 17.8 Å². The third kappa shape index (κ3) is 5.06. The molecule has 2 amide bonds. The zero-order chi connectivity index (χ0) is 33.3. The zero-order valence-electron chi connectivity index (χ0n) is 24.0. The van der Waals surface area contributed by atoms with Gasteiger partial charge in [0, 0.05) is 28.2 Å². The maximum atomic E-state index is 14.0. The fraction of sp³-hybridized carbons (Fsp3) is 0.333. The largest absolute Gasteiger partial charge is 0.491 e. The molecule has 1 fully saturated rings. The molecule has 1 aliphatic heterocycles. The predicted molar refractivity (Wildman–Crippen MR) is 149 cm³/mol. The van der Waals surface area contributed by atoms with Crippen LogP contribution >= 0.6 is 0 Å². The van der Waals surface area contributed by atoms with Gasteiger partial charge >= 0.3 is 12.4 Å². The Bertz CT molecular complexity index is 1750. The Labute approximate surface area is 257 Å². The minimum Gasteiger partial charge on any atom is -0.491 e. The molecule has 2 aromatic rings. The van der Waals surface area contributed by atoms with E-state index >= 15 is 0 Å². The highest BCUT2D eigenvalue weighted by Gasteiger charge is 2.57. The van der Waals surface area contributed by atoms with Gasteiger partial charge < -0.3 is 9.84 Å². The molecule has 240 valence electrons.